The van der Waals surface area contributed by atoms with Gasteiger partial charge in [-0.05, 0) is 85.8 Å². The molecule has 0 saturated carbocycles. The molecule has 9 heteroatoms. The van der Waals surface area contributed by atoms with E-state index in [4.69, 9.17) is 11.6 Å². The standard InChI is InChI=1S/C36H40ClN3O4S/c1-5-21-38-36(42)34(23-29-9-7-6-8-10-29)39(24-30-14-16-31(37)17-15-30)35(41)25-40(32-18-13-27(3)28(4)22-32)45(43,44)33-19-11-26(2)12-20-33/h6-20,22,34H,5,21,23-25H2,1-4H3,(H,38,42). The first-order valence-electron chi connectivity index (χ1n) is 15.0. The fourth-order valence-electron chi connectivity index (χ4n) is 4.95. The van der Waals surface area contributed by atoms with Gasteiger partial charge in [0.1, 0.15) is 12.6 Å². The van der Waals surface area contributed by atoms with Crippen molar-refractivity contribution in [3.8, 4) is 0 Å². The fourth-order valence-corrected chi connectivity index (χ4v) is 6.49. The quantitative estimate of drug-likeness (QED) is 0.177. The number of hydrogen-bond acceptors (Lipinski definition) is 4. The van der Waals surface area contributed by atoms with Crippen molar-refractivity contribution in [2.75, 3.05) is 17.4 Å². The number of halogens is 1. The van der Waals surface area contributed by atoms with E-state index >= 15 is 0 Å². The monoisotopic (exact) mass is 645 g/mol. The number of hydrogen-bond donors (Lipinski definition) is 1. The van der Waals surface area contributed by atoms with E-state index in [9.17, 15) is 18.0 Å². The third-order valence-electron chi connectivity index (χ3n) is 7.75. The van der Waals surface area contributed by atoms with Gasteiger partial charge in [0.15, 0.2) is 0 Å². The maximum absolute atomic E-state index is 14.5. The number of aryl methyl sites for hydroxylation is 3. The maximum Gasteiger partial charge on any atom is 0.264 e. The molecule has 0 bridgehead atoms. The van der Waals surface area contributed by atoms with Crippen LogP contribution in [0.1, 0.15) is 41.2 Å². The fraction of sp³-hybridized carbons (Fsp3) is 0.278. The molecule has 4 aromatic rings. The summed E-state index contributed by atoms with van der Waals surface area (Å²) < 4.78 is 29.5. The number of anilines is 1. The smallest absolute Gasteiger partial charge is 0.264 e. The highest BCUT2D eigenvalue weighted by Gasteiger charge is 2.34. The molecule has 4 aromatic carbocycles. The second kappa shape index (κ2) is 15.2. The first kappa shape index (κ1) is 33.7. The van der Waals surface area contributed by atoms with Crippen LogP contribution in [0, 0.1) is 20.8 Å². The van der Waals surface area contributed by atoms with Gasteiger partial charge in [-0.25, -0.2) is 8.42 Å². The van der Waals surface area contributed by atoms with Gasteiger partial charge in [0.05, 0.1) is 10.6 Å². The van der Waals surface area contributed by atoms with Crippen LogP contribution in [0.3, 0.4) is 0 Å². The number of rotatable bonds is 13. The lowest BCUT2D eigenvalue weighted by molar-refractivity contribution is -0.140. The van der Waals surface area contributed by atoms with Crippen molar-refractivity contribution in [3.05, 3.63) is 130 Å². The van der Waals surface area contributed by atoms with E-state index in [1.807, 2.05) is 64.1 Å². The normalized spacial score (nSPS) is 11.9. The number of carbonyl (C=O) groups excluding carboxylic acids is 2. The first-order valence-corrected chi connectivity index (χ1v) is 16.8. The van der Waals surface area contributed by atoms with Crippen LogP contribution in [-0.2, 0) is 32.6 Å². The molecule has 2 amide bonds. The van der Waals surface area contributed by atoms with E-state index in [0.717, 1.165) is 38.5 Å². The number of benzene rings is 4. The lowest BCUT2D eigenvalue weighted by atomic mass is 10.0. The predicted molar refractivity (Wildman–Crippen MR) is 181 cm³/mol. The Morgan fingerprint density at radius 2 is 1.49 bits per heavy atom. The Morgan fingerprint density at radius 3 is 2.11 bits per heavy atom. The van der Waals surface area contributed by atoms with Crippen LogP contribution in [0.4, 0.5) is 5.69 Å². The molecule has 0 fully saturated rings. The van der Waals surface area contributed by atoms with Gasteiger partial charge in [-0.3, -0.25) is 13.9 Å². The highest BCUT2D eigenvalue weighted by molar-refractivity contribution is 7.92. The summed E-state index contributed by atoms with van der Waals surface area (Å²) in [7, 11) is -4.16. The van der Waals surface area contributed by atoms with Crippen molar-refractivity contribution in [2.45, 2.75) is 58.0 Å². The summed E-state index contributed by atoms with van der Waals surface area (Å²) >= 11 is 6.15. The number of carbonyl (C=O) groups is 2. The van der Waals surface area contributed by atoms with Crippen LogP contribution in [-0.4, -0.2) is 44.3 Å². The summed E-state index contributed by atoms with van der Waals surface area (Å²) in [5.41, 5.74) is 4.81. The average Bonchev–Trinajstić information content (AvgIpc) is 3.03. The average molecular weight is 646 g/mol. The Hall–Kier alpha value is -4.14. The topological polar surface area (TPSA) is 86.8 Å². The van der Waals surface area contributed by atoms with Crippen LogP contribution < -0.4 is 9.62 Å². The molecule has 1 atom stereocenters. The van der Waals surface area contributed by atoms with Gasteiger partial charge >= 0.3 is 0 Å². The lowest BCUT2D eigenvalue weighted by Crippen LogP contribution is -2.53. The van der Waals surface area contributed by atoms with Crippen LogP contribution in [0.25, 0.3) is 0 Å². The van der Waals surface area contributed by atoms with E-state index in [2.05, 4.69) is 5.32 Å². The maximum atomic E-state index is 14.5. The zero-order valence-corrected chi connectivity index (χ0v) is 27.7. The Kier molecular flexibility index (Phi) is 11.4. The molecule has 0 aliphatic carbocycles. The molecule has 236 valence electrons. The minimum atomic E-state index is -4.16. The summed E-state index contributed by atoms with van der Waals surface area (Å²) in [6, 6.07) is 27.5. The molecular formula is C36H40ClN3O4S. The Labute approximate surface area is 271 Å². The molecule has 0 aromatic heterocycles. The third-order valence-corrected chi connectivity index (χ3v) is 9.79. The molecule has 0 aliphatic heterocycles. The third kappa shape index (κ3) is 8.74. The second-order valence-electron chi connectivity index (χ2n) is 11.2. The molecule has 0 aliphatic rings. The van der Waals surface area contributed by atoms with Crippen LogP contribution in [0.15, 0.2) is 102 Å². The SMILES string of the molecule is CCCNC(=O)C(Cc1ccccc1)N(Cc1ccc(Cl)cc1)C(=O)CN(c1ccc(C)c(C)c1)S(=O)(=O)c1ccc(C)cc1. The number of amides is 2. The van der Waals surface area contributed by atoms with Gasteiger partial charge in [-0.1, -0.05) is 84.8 Å². The van der Waals surface area contributed by atoms with Gasteiger partial charge in [0, 0.05) is 24.5 Å². The summed E-state index contributed by atoms with van der Waals surface area (Å²) in [6.07, 6.45) is 0.980. The van der Waals surface area contributed by atoms with Gasteiger partial charge in [-0.2, -0.15) is 0 Å². The molecule has 0 heterocycles. The summed E-state index contributed by atoms with van der Waals surface area (Å²) in [5.74, 6) is -0.811. The largest absolute Gasteiger partial charge is 0.354 e. The molecule has 4 rings (SSSR count). The van der Waals surface area contributed by atoms with Crippen molar-refractivity contribution in [1.29, 1.82) is 0 Å². The van der Waals surface area contributed by atoms with E-state index < -0.39 is 28.5 Å². The lowest BCUT2D eigenvalue weighted by Gasteiger charge is -2.34. The minimum absolute atomic E-state index is 0.0740. The highest BCUT2D eigenvalue weighted by Crippen LogP contribution is 2.27. The summed E-state index contributed by atoms with van der Waals surface area (Å²) in [6.45, 7) is 7.71. The summed E-state index contributed by atoms with van der Waals surface area (Å²) in [5, 5.41) is 3.50. The molecule has 7 nitrogen and oxygen atoms in total. The molecule has 0 saturated heterocycles. The Balaban J connectivity index is 1.81. The van der Waals surface area contributed by atoms with Crippen molar-refractivity contribution in [2.24, 2.45) is 0 Å². The van der Waals surface area contributed by atoms with E-state index in [1.165, 1.54) is 4.90 Å². The highest BCUT2D eigenvalue weighted by atomic mass is 35.5. The van der Waals surface area contributed by atoms with Crippen molar-refractivity contribution in [3.63, 3.8) is 0 Å². The minimum Gasteiger partial charge on any atom is -0.354 e. The molecule has 0 radical (unpaired) electrons. The molecule has 45 heavy (non-hydrogen) atoms. The van der Waals surface area contributed by atoms with Crippen LogP contribution in [0.5, 0.6) is 0 Å². The van der Waals surface area contributed by atoms with Gasteiger partial charge in [0.25, 0.3) is 10.0 Å². The molecular weight excluding hydrogens is 606 g/mol. The van der Waals surface area contributed by atoms with Crippen LogP contribution >= 0.6 is 11.6 Å². The van der Waals surface area contributed by atoms with Gasteiger partial charge < -0.3 is 10.2 Å². The number of nitrogens with zero attached hydrogens (tertiary/aromatic N) is 2. The van der Waals surface area contributed by atoms with E-state index in [1.54, 1.807) is 60.7 Å². The van der Waals surface area contributed by atoms with E-state index in [-0.39, 0.29) is 23.8 Å². The molecule has 0 spiro atoms. The van der Waals surface area contributed by atoms with E-state index in [0.29, 0.717) is 17.3 Å². The predicted octanol–water partition coefficient (Wildman–Crippen LogP) is 6.63. The number of nitrogens with one attached hydrogen (secondary N) is 1. The molecule has 1 unspecified atom stereocenters. The Morgan fingerprint density at radius 1 is 0.822 bits per heavy atom. The molecule has 1 N–H and O–H groups in total. The second-order valence-corrected chi connectivity index (χ2v) is 13.5. The summed E-state index contributed by atoms with van der Waals surface area (Å²) in [4.78, 5) is 29.8. The van der Waals surface area contributed by atoms with Crippen molar-refractivity contribution in [1.82, 2.24) is 10.2 Å². The zero-order valence-electron chi connectivity index (χ0n) is 26.2. The first-order chi connectivity index (χ1) is 21.5. The van der Waals surface area contributed by atoms with Gasteiger partial charge in [-0.15, -0.1) is 0 Å². The number of sulfonamides is 1. The Bertz CT molecular complexity index is 1710. The van der Waals surface area contributed by atoms with Crippen molar-refractivity contribution < 1.29 is 18.0 Å². The van der Waals surface area contributed by atoms with Crippen LogP contribution in [0.2, 0.25) is 5.02 Å². The van der Waals surface area contributed by atoms with Crippen molar-refractivity contribution >= 4 is 39.1 Å². The van der Waals surface area contributed by atoms with Gasteiger partial charge in [0.2, 0.25) is 11.8 Å². The zero-order chi connectivity index (χ0) is 32.6.